The summed E-state index contributed by atoms with van der Waals surface area (Å²) >= 11 is 0. The Bertz CT molecular complexity index is 839. The van der Waals surface area contributed by atoms with E-state index in [4.69, 9.17) is 0 Å². The lowest BCUT2D eigenvalue weighted by Crippen LogP contribution is -2.64. The van der Waals surface area contributed by atoms with Crippen LogP contribution in [-0.2, 0) is 0 Å². The number of fused-ring (bicyclic) bond motifs is 10. The average molecular weight is 385 g/mol. The Balaban J connectivity index is 1.42. The number of hydrogen-bond acceptors (Lipinski definition) is 4. The van der Waals surface area contributed by atoms with E-state index in [0.717, 1.165) is 32.1 Å². The van der Waals surface area contributed by atoms with Gasteiger partial charge in [0.25, 0.3) is 0 Å². The van der Waals surface area contributed by atoms with E-state index in [0.29, 0.717) is 36.0 Å². The molecule has 0 aromatic heterocycles. The van der Waals surface area contributed by atoms with E-state index in [1.165, 1.54) is 5.57 Å². The van der Waals surface area contributed by atoms with E-state index in [2.05, 4.69) is 31.8 Å². The number of hydrogen-bond donors (Lipinski definition) is 4. The van der Waals surface area contributed by atoms with Crippen LogP contribution in [-0.4, -0.2) is 44.3 Å². The number of aliphatic hydroxyl groups excluding tert-OH is 2. The first-order chi connectivity index (χ1) is 13.2. The highest BCUT2D eigenvalue weighted by Gasteiger charge is 2.79. The molecule has 28 heavy (non-hydrogen) atoms. The van der Waals surface area contributed by atoms with Gasteiger partial charge in [0.2, 0.25) is 0 Å². The van der Waals surface area contributed by atoms with E-state index in [1.807, 2.05) is 0 Å². The predicted molar refractivity (Wildman–Crippen MR) is 104 cm³/mol. The first-order valence-corrected chi connectivity index (χ1v) is 11.2. The summed E-state index contributed by atoms with van der Waals surface area (Å²) in [5, 5.41) is 42.9. The van der Waals surface area contributed by atoms with Crippen LogP contribution in [0, 0.1) is 58.2 Å². The summed E-state index contributed by atoms with van der Waals surface area (Å²) in [6, 6.07) is 0. The van der Waals surface area contributed by atoms with Gasteiger partial charge in [0.05, 0.1) is 11.7 Å². The van der Waals surface area contributed by atoms with Crippen LogP contribution in [0.5, 0.6) is 0 Å². The molecule has 5 fully saturated rings. The summed E-state index contributed by atoms with van der Waals surface area (Å²) in [5.74, 6) is 8.33. The molecule has 0 aromatic rings. The molecule has 6 rings (SSSR count). The van der Waals surface area contributed by atoms with Gasteiger partial charge < -0.3 is 20.4 Å². The minimum absolute atomic E-state index is 0.182. The maximum Gasteiger partial charge on any atom is 0.134 e. The number of rotatable bonds is 0. The zero-order valence-corrected chi connectivity index (χ0v) is 16.9. The smallest absolute Gasteiger partial charge is 0.134 e. The van der Waals surface area contributed by atoms with Gasteiger partial charge in [-0.05, 0) is 61.3 Å². The Kier molecular flexibility index (Phi) is 3.24. The largest absolute Gasteiger partial charge is 0.393 e. The lowest BCUT2D eigenvalue weighted by Gasteiger charge is -2.64. The topological polar surface area (TPSA) is 80.9 Å². The van der Waals surface area contributed by atoms with Crippen LogP contribution in [0.2, 0.25) is 0 Å². The SMILES string of the molecule is CC12CCC(O)CC1(O)C1=C[C@@H]1C1C2CCC2(C)C1C1C[C@@H]1C2(O)C#CCO. The van der Waals surface area contributed by atoms with Crippen molar-refractivity contribution in [2.45, 2.75) is 69.7 Å². The van der Waals surface area contributed by atoms with E-state index >= 15 is 0 Å². The van der Waals surface area contributed by atoms with Gasteiger partial charge in [-0.1, -0.05) is 31.8 Å². The first-order valence-electron chi connectivity index (χ1n) is 11.2. The van der Waals surface area contributed by atoms with Gasteiger partial charge in [0, 0.05) is 29.1 Å². The van der Waals surface area contributed by atoms with Gasteiger partial charge in [-0.15, -0.1) is 0 Å². The summed E-state index contributed by atoms with van der Waals surface area (Å²) in [7, 11) is 0. The second kappa shape index (κ2) is 5.06. The Morgan fingerprint density at radius 3 is 2.61 bits per heavy atom. The van der Waals surface area contributed by atoms with Crippen molar-refractivity contribution in [1.82, 2.24) is 0 Å². The number of aliphatic hydroxyl groups is 4. The Morgan fingerprint density at radius 2 is 1.86 bits per heavy atom. The van der Waals surface area contributed by atoms with Crippen molar-refractivity contribution < 1.29 is 20.4 Å². The Hall–Kier alpha value is -0.860. The van der Waals surface area contributed by atoms with Gasteiger partial charge in [0.1, 0.15) is 12.2 Å². The molecule has 4 N–H and O–H groups in total. The molecule has 0 bridgehead atoms. The molecule has 152 valence electrons. The van der Waals surface area contributed by atoms with E-state index in [1.54, 1.807) is 0 Å². The lowest BCUT2D eigenvalue weighted by atomic mass is 9.42. The molecule has 0 radical (unpaired) electrons. The summed E-state index contributed by atoms with van der Waals surface area (Å²) in [5.41, 5.74) is -1.07. The Morgan fingerprint density at radius 1 is 1.11 bits per heavy atom. The molecule has 4 heteroatoms. The third kappa shape index (κ3) is 1.76. The van der Waals surface area contributed by atoms with E-state index < -0.39 is 17.3 Å². The lowest BCUT2D eigenvalue weighted by molar-refractivity contribution is -0.201. The molecule has 6 aliphatic rings. The third-order valence-corrected chi connectivity index (χ3v) is 10.4. The molecular weight excluding hydrogens is 352 g/mol. The van der Waals surface area contributed by atoms with Crippen LogP contribution < -0.4 is 0 Å². The minimum atomic E-state index is -0.984. The van der Waals surface area contributed by atoms with Crippen molar-refractivity contribution in [1.29, 1.82) is 0 Å². The van der Waals surface area contributed by atoms with Crippen LogP contribution >= 0.6 is 0 Å². The van der Waals surface area contributed by atoms with Gasteiger partial charge in [0.15, 0.2) is 0 Å². The molecule has 9 unspecified atom stereocenters. The summed E-state index contributed by atoms with van der Waals surface area (Å²) < 4.78 is 0. The minimum Gasteiger partial charge on any atom is -0.393 e. The monoisotopic (exact) mass is 384 g/mol. The third-order valence-electron chi connectivity index (χ3n) is 10.4. The normalized spacial score (nSPS) is 62.8. The fourth-order valence-electron chi connectivity index (χ4n) is 9.00. The average Bonchev–Trinajstić information content (AvgIpc) is 3.54. The summed E-state index contributed by atoms with van der Waals surface area (Å²) in [6.07, 6.45) is 6.99. The van der Waals surface area contributed by atoms with Crippen molar-refractivity contribution in [2.24, 2.45) is 46.3 Å². The molecule has 0 saturated heterocycles. The van der Waals surface area contributed by atoms with Gasteiger partial charge in [-0.25, -0.2) is 0 Å². The molecule has 0 heterocycles. The fraction of sp³-hybridized carbons (Fsp3) is 0.833. The highest BCUT2D eigenvalue weighted by atomic mass is 16.3. The quantitative estimate of drug-likeness (QED) is 0.380. The van der Waals surface area contributed by atoms with Crippen molar-refractivity contribution >= 4 is 0 Å². The molecular formula is C24H32O4. The Labute approximate surface area is 167 Å². The van der Waals surface area contributed by atoms with Gasteiger partial charge >= 0.3 is 0 Å². The summed E-state index contributed by atoms with van der Waals surface area (Å²) in [4.78, 5) is 0. The van der Waals surface area contributed by atoms with Crippen molar-refractivity contribution in [3.63, 3.8) is 0 Å². The predicted octanol–water partition coefficient (Wildman–Crippen LogP) is 1.86. The van der Waals surface area contributed by atoms with Crippen LogP contribution in [0.25, 0.3) is 0 Å². The zero-order valence-electron chi connectivity index (χ0n) is 16.9. The molecule has 11 atom stereocenters. The standard InChI is InChI=1S/C24H32O4/c1-21-7-4-13(26)12-24(21,28)17-10-14(17)19-16(21)5-8-22(2)20(19)15-11-18(15)23(22,27)6-3-9-25/h10,13-16,18-20,25-28H,4-5,7-9,11-12H2,1-2H3/t13?,14-,15?,16?,18-,19?,20?,21?,22?,23?,24?/m0/s1. The molecule has 5 saturated carbocycles. The fourth-order valence-corrected chi connectivity index (χ4v) is 9.00. The molecule has 0 aliphatic heterocycles. The zero-order chi connectivity index (χ0) is 19.7. The second-order valence-corrected chi connectivity index (χ2v) is 11.2. The molecule has 0 aromatic carbocycles. The maximum atomic E-state index is 11.7. The summed E-state index contributed by atoms with van der Waals surface area (Å²) in [6.45, 7) is 4.31. The van der Waals surface area contributed by atoms with E-state index in [-0.39, 0.29) is 23.4 Å². The molecule has 0 spiro atoms. The highest BCUT2D eigenvalue weighted by molar-refractivity contribution is 5.48. The molecule has 4 nitrogen and oxygen atoms in total. The van der Waals surface area contributed by atoms with Crippen LogP contribution in [0.3, 0.4) is 0 Å². The number of allylic oxidation sites excluding steroid dienone is 1. The van der Waals surface area contributed by atoms with Gasteiger partial charge in [-0.2, -0.15) is 0 Å². The highest BCUT2D eigenvalue weighted by Crippen LogP contribution is 2.80. The van der Waals surface area contributed by atoms with Crippen LogP contribution in [0.15, 0.2) is 11.6 Å². The maximum absolute atomic E-state index is 11.7. The van der Waals surface area contributed by atoms with E-state index in [9.17, 15) is 20.4 Å². The molecule has 6 aliphatic carbocycles. The van der Waals surface area contributed by atoms with Crippen LogP contribution in [0.1, 0.15) is 52.4 Å². The van der Waals surface area contributed by atoms with Crippen molar-refractivity contribution in [2.75, 3.05) is 6.61 Å². The second-order valence-electron chi connectivity index (χ2n) is 11.2. The molecule has 0 amide bonds. The first kappa shape index (κ1) is 18.0. The van der Waals surface area contributed by atoms with Crippen molar-refractivity contribution in [3.8, 4) is 11.8 Å². The van der Waals surface area contributed by atoms with Crippen LogP contribution in [0.4, 0.5) is 0 Å². The van der Waals surface area contributed by atoms with Crippen molar-refractivity contribution in [3.05, 3.63) is 11.6 Å². The van der Waals surface area contributed by atoms with Gasteiger partial charge in [-0.3, -0.25) is 0 Å².